The number of sulfonamides is 1. The van der Waals surface area contributed by atoms with Crippen molar-refractivity contribution in [2.75, 3.05) is 10.8 Å². The van der Waals surface area contributed by atoms with Crippen LogP contribution in [0.4, 0.5) is 5.69 Å². The molecule has 9 heteroatoms. The number of nitrogens with one attached hydrogen (secondary N) is 1. The minimum absolute atomic E-state index is 0.0456. The quantitative estimate of drug-likeness (QED) is 0.568. The van der Waals surface area contributed by atoms with Crippen molar-refractivity contribution in [2.24, 2.45) is 0 Å². The summed E-state index contributed by atoms with van der Waals surface area (Å²) in [6.07, 6.45) is 3.25. The summed E-state index contributed by atoms with van der Waals surface area (Å²) in [4.78, 5) is 16.6. The number of hydrogen-bond acceptors (Lipinski definition) is 4. The zero-order valence-corrected chi connectivity index (χ0v) is 18.4. The number of rotatable bonds is 7. The summed E-state index contributed by atoms with van der Waals surface area (Å²) in [5.41, 5.74) is 1.83. The molecule has 0 fully saturated rings. The average Bonchev–Trinajstić information content (AvgIpc) is 2.74. The van der Waals surface area contributed by atoms with Crippen molar-refractivity contribution in [3.8, 4) is 0 Å². The third-order valence-electron chi connectivity index (χ3n) is 4.31. The van der Waals surface area contributed by atoms with Crippen molar-refractivity contribution >= 4 is 44.8 Å². The number of benzene rings is 2. The SMILES string of the molecule is Cc1ccc(S(=O)(=O)N(CC(=O)NCc2cccnc2)c2cccc(Cl)c2Cl)cc1. The highest BCUT2D eigenvalue weighted by Gasteiger charge is 2.29. The fraction of sp³-hybridized carbons (Fsp3) is 0.143. The fourth-order valence-corrected chi connectivity index (χ4v) is 4.59. The molecule has 3 aromatic rings. The van der Waals surface area contributed by atoms with E-state index in [-0.39, 0.29) is 27.2 Å². The first-order valence-corrected chi connectivity index (χ1v) is 11.2. The summed E-state index contributed by atoms with van der Waals surface area (Å²) in [5.74, 6) is -0.495. The molecule has 0 bridgehead atoms. The number of carbonyl (C=O) groups excluding carboxylic acids is 1. The van der Waals surface area contributed by atoms with Crippen LogP contribution in [0.25, 0.3) is 0 Å². The molecular weight excluding hydrogens is 445 g/mol. The van der Waals surface area contributed by atoms with Crippen molar-refractivity contribution in [1.29, 1.82) is 0 Å². The Morgan fingerprint density at radius 1 is 1.07 bits per heavy atom. The second-order valence-corrected chi connectivity index (χ2v) is 9.18. The van der Waals surface area contributed by atoms with Crippen LogP contribution in [0.1, 0.15) is 11.1 Å². The van der Waals surface area contributed by atoms with Crippen LogP contribution in [0.3, 0.4) is 0 Å². The number of anilines is 1. The maximum absolute atomic E-state index is 13.4. The highest BCUT2D eigenvalue weighted by molar-refractivity contribution is 7.92. The maximum atomic E-state index is 13.4. The molecule has 156 valence electrons. The predicted molar refractivity (Wildman–Crippen MR) is 118 cm³/mol. The maximum Gasteiger partial charge on any atom is 0.264 e. The van der Waals surface area contributed by atoms with E-state index >= 15 is 0 Å². The van der Waals surface area contributed by atoms with Gasteiger partial charge in [0.1, 0.15) is 6.54 Å². The minimum Gasteiger partial charge on any atom is -0.350 e. The lowest BCUT2D eigenvalue weighted by molar-refractivity contribution is -0.119. The van der Waals surface area contributed by atoms with Gasteiger partial charge < -0.3 is 5.32 Å². The summed E-state index contributed by atoms with van der Waals surface area (Å²) < 4.78 is 27.7. The molecule has 0 spiro atoms. The van der Waals surface area contributed by atoms with E-state index in [1.54, 1.807) is 42.7 Å². The largest absolute Gasteiger partial charge is 0.350 e. The molecule has 1 heterocycles. The molecule has 0 aliphatic carbocycles. The van der Waals surface area contributed by atoms with Crippen molar-refractivity contribution in [2.45, 2.75) is 18.4 Å². The van der Waals surface area contributed by atoms with Crippen LogP contribution in [0.5, 0.6) is 0 Å². The molecule has 0 atom stereocenters. The van der Waals surface area contributed by atoms with Crippen molar-refractivity contribution in [3.63, 3.8) is 0 Å². The molecular formula is C21H19Cl2N3O3S. The van der Waals surface area contributed by atoms with E-state index in [9.17, 15) is 13.2 Å². The smallest absolute Gasteiger partial charge is 0.264 e. The summed E-state index contributed by atoms with van der Waals surface area (Å²) in [7, 11) is -4.07. The van der Waals surface area contributed by atoms with Gasteiger partial charge in [-0.2, -0.15) is 0 Å². The summed E-state index contributed by atoms with van der Waals surface area (Å²) in [6.45, 7) is 1.61. The number of halogens is 2. The fourth-order valence-electron chi connectivity index (χ4n) is 2.71. The van der Waals surface area contributed by atoms with E-state index < -0.39 is 22.5 Å². The zero-order chi connectivity index (χ0) is 21.7. The second kappa shape index (κ2) is 9.47. The summed E-state index contributed by atoms with van der Waals surface area (Å²) >= 11 is 12.4. The highest BCUT2D eigenvalue weighted by atomic mass is 35.5. The summed E-state index contributed by atoms with van der Waals surface area (Å²) in [5, 5.41) is 2.94. The molecule has 3 rings (SSSR count). The van der Waals surface area contributed by atoms with Crippen LogP contribution < -0.4 is 9.62 Å². The van der Waals surface area contributed by atoms with Crippen LogP contribution in [-0.4, -0.2) is 25.9 Å². The van der Waals surface area contributed by atoms with Gasteiger partial charge in [0.05, 0.1) is 20.6 Å². The van der Waals surface area contributed by atoms with Gasteiger partial charge in [0.15, 0.2) is 0 Å². The van der Waals surface area contributed by atoms with Crippen molar-refractivity contribution in [1.82, 2.24) is 10.3 Å². The van der Waals surface area contributed by atoms with Crippen molar-refractivity contribution < 1.29 is 13.2 Å². The molecule has 0 saturated heterocycles. The number of carbonyl (C=O) groups is 1. The molecule has 0 radical (unpaired) electrons. The Balaban J connectivity index is 1.92. The van der Waals surface area contributed by atoms with Crippen molar-refractivity contribution in [3.05, 3.63) is 88.2 Å². The molecule has 2 aromatic carbocycles. The van der Waals surface area contributed by atoms with E-state index in [0.717, 1.165) is 15.4 Å². The Kier molecular flexibility index (Phi) is 6.97. The molecule has 0 unspecified atom stereocenters. The first kappa shape index (κ1) is 22.1. The average molecular weight is 464 g/mol. The van der Waals surface area contributed by atoms with Gasteiger partial charge in [-0.05, 0) is 42.8 Å². The number of hydrogen-bond donors (Lipinski definition) is 1. The molecule has 30 heavy (non-hydrogen) atoms. The minimum atomic E-state index is -4.07. The Morgan fingerprint density at radius 2 is 1.80 bits per heavy atom. The van der Waals surface area contributed by atoms with Crippen LogP contribution in [0, 0.1) is 6.92 Å². The Morgan fingerprint density at radius 3 is 2.47 bits per heavy atom. The van der Waals surface area contributed by atoms with Gasteiger partial charge in [-0.3, -0.25) is 14.1 Å². The van der Waals surface area contributed by atoms with Gasteiger partial charge in [0, 0.05) is 18.9 Å². The van der Waals surface area contributed by atoms with Gasteiger partial charge in [0.2, 0.25) is 5.91 Å². The first-order chi connectivity index (χ1) is 14.3. The van der Waals surface area contributed by atoms with Gasteiger partial charge in [-0.15, -0.1) is 0 Å². The van der Waals surface area contributed by atoms with E-state index in [1.165, 1.54) is 18.2 Å². The number of pyridine rings is 1. The van der Waals surface area contributed by atoms with E-state index in [2.05, 4.69) is 10.3 Å². The lowest BCUT2D eigenvalue weighted by Gasteiger charge is -2.25. The molecule has 0 aliphatic heterocycles. The standard InChI is InChI=1S/C21H19Cl2N3O3S/c1-15-7-9-17(10-8-15)30(28,29)26(19-6-2-5-18(22)21(19)23)14-20(27)25-13-16-4-3-11-24-12-16/h2-12H,13-14H2,1H3,(H,25,27). The third kappa shape index (κ3) is 5.11. The number of nitrogens with zero attached hydrogens (tertiary/aromatic N) is 2. The predicted octanol–water partition coefficient (Wildman–Crippen LogP) is 4.21. The zero-order valence-electron chi connectivity index (χ0n) is 16.0. The lowest BCUT2D eigenvalue weighted by Crippen LogP contribution is -2.40. The third-order valence-corrected chi connectivity index (χ3v) is 6.89. The molecule has 0 saturated carbocycles. The molecule has 1 N–H and O–H groups in total. The number of amides is 1. The normalized spacial score (nSPS) is 11.2. The van der Waals surface area contributed by atoms with Crippen LogP contribution in [0.15, 0.2) is 71.9 Å². The van der Waals surface area contributed by atoms with Crippen LogP contribution >= 0.6 is 23.2 Å². The van der Waals surface area contributed by atoms with Gasteiger partial charge in [-0.1, -0.05) is 53.0 Å². The number of aryl methyl sites for hydroxylation is 1. The van der Waals surface area contributed by atoms with Gasteiger partial charge >= 0.3 is 0 Å². The topological polar surface area (TPSA) is 79.4 Å². The first-order valence-electron chi connectivity index (χ1n) is 8.98. The van der Waals surface area contributed by atoms with Gasteiger partial charge in [-0.25, -0.2) is 8.42 Å². The van der Waals surface area contributed by atoms with E-state index in [1.807, 2.05) is 13.0 Å². The molecule has 6 nitrogen and oxygen atoms in total. The summed E-state index contributed by atoms with van der Waals surface area (Å²) in [6, 6.07) is 14.5. The van der Waals surface area contributed by atoms with Crippen LogP contribution in [0.2, 0.25) is 10.0 Å². The molecule has 1 amide bonds. The Labute approximate surface area is 185 Å². The number of aromatic nitrogens is 1. The molecule has 1 aromatic heterocycles. The van der Waals surface area contributed by atoms with Crippen LogP contribution in [-0.2, 0) is 21.4 Å². The Bertz CT molecular complexity index is 1140. The van der Waals surface area contributed by atoms with E-state index in [0.29, 0.717) is 0 Å². The van der Waals surface area contributed by atoms with E-state index in [4.69, 9.17) is 23.2 Å². The Hall–Kier alpha value is -2.61. The highest BCUT2D eigenvalue weighted by Crippen LogP contribution is 2.35. The monoisotopic (exact) mass is 463 g/mol. The lowest BCUT2D eigenvalue weighted by atomic mass is 10.2. The second-order valence-electron chi connectivity index (χ2n) is 6.54. The molecule has 0 aliphatic rings. The van der Waals surface area contributed by atoms with Gasteiger partial charge in [0.25, 0.3) is 10.0 Å².